The summed E-state index contributed by atoms with van der Waals surface area (Å²) < 4.78 is 1.03. The van der Waals surface area contributed by atoms with Gasteiger partial charge in [0.25, 0.3) is 5.19 Å². The quantitative estimate of drug-likeness (QED) is 0.644. The maximum atomic E-state index is 8.96. The maximum absolute atomic E-state index is 8.96. The molecule has 4 nitrogen and oxygen atoms in total. The number of thiazole rings is 2. The molecule has 0 bridgehead atoms. The lowest BCUT2D eigenvalue weighted by Crippen LogP contribution is -1.77. The van der Waals surface area contributed by atoms with E-state index >= 15 is 0 Å². The lowest BCUT2D eigenvalue weighted by Gasteiger charge is -1.79. The zero-order valence-electron chi connectivity index (χ0n) is 8.20. The van der Waals surface area contributed by atoms with Crippen LogP contribution in [0.25, 0.3) is 10.2 Å². The van der Waals surface area contributed by atoms with Crippen molar-refractivity contribution in [2.45, 2.75) is 0 Å². The van der Waals surface area contributed by atoms with Crippen LogP contribution >= 0.6 is 22.7 Å². The number of fused-ring (bicyclic) bond motifs is 1. The minimum absolute atomic E-state index is 0.140. The number of aromatic hydroxyl groups is 1. The number of rotatable bonds is 0. The van der Waals surface area contributed by atoms with Gasteiger partial charge >= 0.3 is 0 Å². The number of aromatic nitrogens is 2. The monoisotopic (exact) mass is 251 g/mol. The molecule has 0 aliphatic heterocycles. The summed E-state index contributed by atoms with van der Waals surface area (Å²) in [6.45, 7) is 0. The summed E-state index contributed by atoms with van der Waals surface area (Å²) in [7, 11) is 0. The van der Waals surface area contributed by atoms with Gasteiger partial charge in [0.05, 0.1) is 10.2 Å². The molecule has 0 amide bonds. The molecule has 3 rings (SSSR count). The van der Waals surface area contributed by atoms with Crippen LogP contribution in [-0.4, -0.2) is 15.1 Å². The van der Waals surface area contributed by atoms with Crippen LogP contribution in [0.15, 0.2) is 35.8 Å². The number of hydrogen-bond acceptors (Lipinski definition) is 6. The molecule has 82 valence electrons. The molecule has 3 N–H and O–H groups in total. The molecule has 0 saturated heterocycles. The van der Waals surface area contributed by atoms with E-state index in [1.807, 2.05) is 29.6 Å². The van der Waals surface area contributed by atoms with Crippen molar-refractivity contribution in [2.75, 3.05) is 5.73 Å². The second-order valence-electron chi connectivity index (χ2n) is 2.83. The fourth-order valence-corrected chi connectivity index (χ4v) is 2.18. The number of nitrogen functional groups attached to an aromatic ring is 1. The fourth-order valence-electron chi connectivity index (χ4n) is 1.09. The van der Waals surface area contributed by atoms with Gasteiger partial charge in [0.15, 0.2) is 5.13 Å². The highest BCUT2D eigenvalue weighted by Crippen LogP contribution is 2.25. The van der Waals surface area contributed by atoms with Gasteiger partial charge < -0.3 is 10.8 Å². The van der Waals surface area contributed by atoms with Crippen molar-refractivity contribution >= 4 is 38.0 Å². The molecule has 0 unspecified atom stereocenters. The van der Waals surface area contributed by atoms with Crippen LogP contribution in [0, 0.1) is 0 Å². The SMILES string of the molecule is Nc1nccs1.Oc1nc2ccccc2s1. The van der Waals surface area contributed by atoms with Crippen LogP contribution in [0.4, 0.5) is 5.13 Å². The summed E-state index contributed by atoms with van der Waals surface area (Å²) in [6.07, 6.45) is 1.68. The number of anilines is 1. The van der Waals surface area contributed by atoms with Crippen LogP contribution in [-0.2, 0) is 0 Å². The van der Waals surface area contributed by atoms with Gasteiger partial charge in [-0.05, 0) is 12.1 Å². The van der Waals surface area contributed by atoms with E-state index in [0.717, 1.165) is 10.2 Å². The Morgan fingerprint density at radius 1 is 1.25 bits per heavy atom. The topological polar surface area (TPSA) is 72.0 Å². The minimum Gasteiger partial charge on any atom is -0.486 e. The molecular weight excluding hydrogens is 242 g/mol. The van der Waals surface area contributed by atoms with Crippen molar-refractivity contribution in [3.05, 3.63) is 35.8 Å². The minimum atomic E-state index is 0.140. The Bertz CT molecular complexity index is 529. The van der Waals surface area contributed by atoms with E-state index < -0.39 is 0 Å². The van der Waals surface area contributed by atoms with Crippen molar-refractivity contribution in [1.29, 1.82) is 0 Å². The molecule has 1 aromatic carbocycles. The van der Waals surface area contributed by atoms with Gasteiger partial charge in [0, 0.05) is 11.6 Å². The van der Waals surface area contributed by atoms with Crippen LogP contribution < -0.4 is 5.73 Å². The van der Waals surface area contributed by atoms with Crippen molar-refractivity contribution in [3.8, 4) is 5.19 Å². The van der Waals surface area contributed by atoms with E-state index in [0.29, 0.717) is 5.13 Å². The average molecular weight is 251 g/mol. The van der Waals surface area contributed by atoms with Crippen molar-refractivity contribution in [1.82, 2.24) is 9.97 Å². The standard InChI is InChI=1S/C7H5NOS.C3H4N2S/c9-7-8-5-3-1-2-4-6(5)10-7;4-3-5-1-2-6-3/h1-4H,(H,8,9);1-2H,(H2,4,5). The number of nitrogens with two attached hydrogens (primary N) is 1. The summed E-state index contributed by atoms with van der Waals surface area (Å²) in [4.78, 5) is 7.60. The summed E-state index contributed by atoms with van der Waals surface area (Å²) >= 11 is 2.74. The average Bonchev–Trinajstić information content (AvgIpc) is 2.86. The van der Waals surface area contributed by atoms with Gasteiger partial charge in [-0.3, -0.25) is 0 Å². The molecular formula is C10H9N3OS2. The first kappa shape index (κ1) is 10.8. The number of para-hydroxylation sites is 1. The molecule has 0 spiro atoms. The maximum Gasteiger partial charge on any atom is 0.271 e. The smallest absolute Gasteiger partial charge is 0.271 e. The van der Waals surface area contributed by atoms with Gasteiger partial charge in [0.1, 0.15) is 0 Å². The van der Waals surface area contributed by atoms with Crippen LogP contribution in [0.1, 0.15) is 0 Å². The summed E-state index contributed by atoms with van der Waals surface area (Å²) in [6, 6.07) is 7.65. The van der Waals surface area contributed by atoms with E-state index in [1.165, 1.54) is 22.7 Å². The zero-order chi connectivity index (χ0) is 11.4. The van der Waals surface area contributed by atoms with E-state index in [9.17, 15) is 0 Å². The summed E-state index contributed by atoms with van der Waals surface area (Å²) in [5.41, 5.74) is 6.05. The predicted molar refractivity (Wildman–Crippen MR) is 67.8 cm³/mol. The lowest BCUT2D eigenvalue weighted by atomic mass is 10.3. The van der Waals surface area contributed by atoms with Gasteiger partial charge in [-0.15, -0.1) is 11.3 Å². The normalized spacial score (nSPS) is 9.75. The number of nitrogens with zero attached hydrogens (tertiary/aromatic N) is 2. The predicted octanol–water partition coefficient (Wildman–Crippen LogP) is 2.73. The van der Waals surface area contributed by atoms with Crippen molar-refractivity contribution < 1.29 is 5.11 Å². The Morgan fingerprint density at radius 3 is 2.62 bits per heavy atom. The molecule has 0 radical (unpaired) electrons. The second-order valence-corrected chi connectivity index (χ2v) is 4.77. The molecule has 2 aromatic heterocycles. The lowest BCUT2D eigenvalue weighted by molar-refractivity contribution is 0.472. The molecule has 0 aliphatic carbocycles. The third-order valence-electron chi connectivity index (χ3n) is 1.73. The van der Waals surface area contributed by atoms with Gasteiger partial charge in [-0.1, -0.05) is 23.5 Å². The third kappa shape index (κ3) is 2.68. The fraction of sp³-hybridized carbons (Fsp3) is 0. The number of benzene rings is 1. The van der Waals surface area contributed by atoms with Gasteiger partial charge in [0.2, 0.25) is 0 Å². The molecule has 3 aromatic rings. The molecule has 6 heteroatoms. The molecule has 0 atom stereocenters. The van der Waals surface area contributed by atoms with Gasteiger partial charge in [-0.25, -0.2) is 9.97 Å². The van der Waals surface area contributed by atoms with Crippen molar-refractivity contribution in [2.24, 2.45) is 0 Å². The van der Waals surface area contributed by atoms with Crippen LogP contribution in [0.2, 0.25) is 0 Å². The highest BCUT2D eigenvalue weighted by Gasteiger charge is 1.97. The zero-order valence-corrected chi connectivity index (χ0v) is 9.83. The molecule has 16 heavy (non-hydrogen) atoms. The first-order valence-electron chi connectivity index (χ1n) is 4.45. The Hall–Kier alpha value is -1.66. The van der Waals surface area contributed by atoms with Crippen LogP contribution in [0.5, 0.6) is 5.19 Å². The van der Waals surface area contributed by atoms with Crippen molar-refractivity contribution in [3.63, 3.8) is 0 Å². The molecule has 0 aliphatic rings. The Balaban J connectivity index is 0.000000138. The van der Waals surface area contributed by atoms with E-state index in [4.69, 9.17) is 10.8 Å². The Morgan fingerprint density at radius 2 is 2.06 bits per heavy atom. The highest BCUT2D eigenvalue weighted by atomic mass is 32.1. The second kappa shape index (κ2) is 4.91. The van der Waals surface area contributed by atoms with Crippen LogP contribution in [0.3, 0.4) is 0 Å². The Kier molecular flexibility index (Phi) is 3.33. The van der Waals surface area contributed by atoms with E-state index in [1.54, 1.807) is 6.20 Å². The van der Waals surface area contributed by atoms with Gasteiger partial charge in [-0.2, -0.15) is 0 Å². The molecule has 0 saturated carbocycles. The van der Waals surface area contributed by atoms with E-state index in [-0.39, 0.29) is 5.19 Å². The first-order valence-corrected chi connectivity index (χ1v) is 6.15. The summed E-state index contributed by atoms with van der Waals surface area (Å²) in [5, 5.41) is 11.6. The third-order valence-corrected chi connectivity index (χ3v) is 3.18. The molecule has 2 heterocycles. The van der Waals surface area contributed by atoms with E-state index in [2.05, 4.69) is 9.97 Å². The molecule has 0 fully saturated rings. The summed E-state index contributed by atoms with van der Waals surface area (Å²) in [5.74, 6) is 0. The Labute approximate surface area is 100 Å². The largest absolute Gasteiger partial charge is 0.486 e. The highest BCUT2D eigenvalue weighted by molar-refractivity contribution is 7.20. The number of hydrogen-bond donors (Lipinski definition) is 2. The first-order chi connectivity index (χ1) is 7.75.